The summed E-state index contributed by atoms with van der Waals surface area (Å²) < 4.78 is 0. The maximum absolute atomic E-state index is 4.05. The average molecular weight is 160 g/mol. The highest BCUT2D eigenvalue weighted by Crippen LogP contribution is 2.19. The molecule has 12 heavy (non-hydrogen) atoms. The summed E-state index contributed by atoms with van der Waals surface area (Å²) in [7, 11) is 0. The first-order valence-electron chi connectivity index (χ1n) is 4.20. The van der Waals surface area contributed by atoms with Crippen molar-refractivity contribution in [2.45, 2.75) is 19.8 Å². The van der Waals surface area contributed by atoms with Gasteiger partial charge in [0.2, 0.25) is 0 Å². The van der Waals surface area contributed by atoms with E-state index >= 15 is 0 Å². The molecule has 62 valence electrons. The predicted octanol–water partition coefficient (Wildman–Crippen LogP) is 2.69. The summed E-state index contributed by atoms with van der Waals surface area (Å²) in [6, 6.07) is 4.21. The third-order valence-corrected chi connectivity index (χ3v) is 2.07. The Balaban J connectivity index is 2.62. The molecule has 0 fully saturated rings. The number of nitrogens with zero attached hydrogens (tertiary/aromatic N) is 1. The van der Waals surface area contributed by atoms with Gasteiger partial charge in [-0.3, -0.25) is 4.98 Å². The van der Waals surface area contributed by atoms with Crippen molar-refractivity contribution in [3.63, 3.8) is 0 Å². The van der Waals surface area contributed by atoms with Gasteiger partial charge >= 0.3 is 0 Å². The molecule has 0 aromatic carbocycles. The van der Waals surface area contributed by atoms with Crippen LogP contribution in [0.5, 0.6) is 0 Å². The molecule has 0 amide bonds. The monoisotopic (exact) mass is 160 g/mol. The molecular weight excluding hydrogens is 148 g/mol. The van der Waals surface area contributed by atoms with Gasteiger partial charge in [0.25, 0.3) is 0 Å². The Morgan fingerprint density at radius 3 is 2.92 bits per heavy atom. The van der Waals surface area contributed by atoms with Crippen molar-refractivity contribution in [3.05, 3.63) is 30.2 Å². The highest BCUT2D eigenvalue weighted by Gasteiger charge is 2.02. The van der Waals surface area contributed by atoms with Gasteiger partial charge in [0, 0.05) is 17.3 Å². The van der Waals surface area contributed by atoms with E-state index in [1.165, 1.54) is 11.1 Å². The lowest BCUT2D eigenvalue weighted by atomic mass is 10.1. The Kier molecular flexibility index (Phi) is 1.61. The summed E-state index contributed by atoms with van der Waals surface area (Å²) in [4.78, 5) is 7.39. The van der Waals surface area contributed by atoms with Crippen LogP contribution in [0.3, 0.4) is 0 Å². The van der Waals surface area contributed by atoms with Crippen molar-refractivity contribution in [3.8, 4) is 0 Å². The second-order valence-corrected chi connectivity index (χ2v) is 3.34. The average Bonchev–Trinajstić information content (AvgIpc) is 2.46. The van der Waals surface area contributed by atoms with Crippen molar-refractivity contribution >= 4 is 10.9 Å². The lowest BCUT2D eigenvalue weighted by Gasteiger charge is -1.97. The Labute approximate surface area is 71.6 Å². The first kappa shape index (κ1) is 7.35. The van der Waals surface area contributed by atoms with Gasteiger partial charge in [0.15, 0.2) is 0 Å². The number of aromatic amines is 1. The highest BCUT2D eigenvalue weighted by molar-refractivity contribution is 5.79. The van der Waals surface area contributed by atoms with Gasteiger partial charge in [0.05, 0.1) is 11.7 Å². The number of aromatic nitrogens is 2. The molecule has 0 spiro atoms. The van der Waals surface area contributed by atoms with Crippen LogP contribution in [0, 0.1) is 0 Å². The van der Waals surface area contributed by atoms with E-state index in [1.54, 1.807) is 0 Å². The first-order valence-corrected chi connectivity index (χ1v) is 4.20. The third kappa shape index (κ3) is 1.09. The van der Waals surface area contributed by atoms with Crippen LogP contribution in [-0.4, -0.2) is 9.97 Å². The molecule has 2 heteroatoms. The molecule has 0 bridgehead atoms. The topological polar surface area (TPSA) is 28.7 Å². The molecule has 0 aliphatic carbocycles. The summed E-state index contributed by atoms with van der Waals surface area (Å²) >= 11 is 0. The first-order chi connectivity index (χ1) is 5.77. The molecule has 2 heterocycles. The van der Waals surface area contributed by atoms with Crippen LogP contribution in [0.1, 0.15) is 25.5 Å². The van der Waals surface area contributed by atoms with Crippen molar-refractivity contribution in [1.82, 2.24) is 9.97 Å². The molecule has 0 saturated heterocycles. The number of hydrogen-bond donors (Lipinski definition) is 1. The van der Waals surface area contributed by atoms with Crippen LogP contribution in [0.15, 0.2) is 24.5 Å². The Morgan fingerprint density at radius 2 is 2.25 bits per heavy atom. The minimum Gasteiger partial charge on any atom is -0.357 e. The molecule has 2 aromatic heterocycles. The SMILES string of the molecule is CC(C)c1cc2ccncc2[nH]1. The summed E-state index contributed by atoms with van der Waals surface area (Å²) in [6.45, 7) is 4.36. The number of H-pyrrole nitrogens is 1. The van der Waals surface area contributed by atoms with E-state index in [4.69, 9.17) is 0 Å². The summed E-state index contributed by atoms with van der Waals surface area (Å²) in [6.07, 6.45) is 3.68. The van der Waals surface area contributed by atoms with Gasteiger partial charge in [-0.1, -0.05) is 13.8 Å². The molecule has 1 N–H and O–H groups in total. The van der Waals surface area contributed by atoms with Crippen molar-refractivity contribution < 1.29 is 0 Å². The van der Waals surface area contributed by atoms with Crippen molar-refractivity contribution in [2.75, 3.05) is 0 Å². The van der Waals surface area contributed by atoms with Crippen LogP contribution in [0.25, 0.3) is 10.9 Å². The van der Waals surface area contributed by atoms with E-state index in [9.17, 15) is 0 Å². The zero-order valence-electron chi connectivity index (χ0n) is 7.33. The highest BCUT2D eigenvalue weighted by atomic mass is 14.7. The molecule has 0 atom stereocenters. The lowest BCUT2D eigenvalue weighted by molar-refractivity contribution is 0.836. The van der Waals surface area contributed by atoms with E-state index in [1.807, 2.05) is 18.5 Å². The zero-order valence-corrected chi connectivity index (χ0v) is 7.33. The lowest BCUT2D eigenvalue weighted by Crippen LogP contribution is -1.84. The third-order valence-electron chi connectivity index (χ3n) is 2.07. The Morgan fingerprint density at radius 1 is 1.42 bits per heavy atom. The molecule has 2 aromatic rings. The number of fused-ring (bicyclic) bond motifs is 1. The van der Waals surface area contributed by atoms with Crippen LogP contribution < -0.4 is 0 Å². The second kappa shape index (κ2) is 2.63. The van der Waals surface area contributed by atoms with E-state index in [0.29, 0.717) is 5.92 Å². The Hall–Kier alpha value is -1.31. The number of rotatable bonds is 1. The number of nitrogens with one attached hydrogen (secondary N) is 1. The normalized spacial score (nSPS) is 11.2. The molecule has 0 unspecified atom stereocenters. The van der Waals surface area contributed by atoms with Gasteiger partial charge in [-0.2, -0.15) is 0 Å². The largest absolute Gasteiger partial charge is 0.357 e. The minimum atomic E-state index is 0.553. The summed E-state index contributed by atoms with van der Waals surface area (Å²) in [5.41, 5.74) is 2.40. The van der Waals surface area contributed by atoms with Crippen LogP contribution in [0.4, 0.5) is 0 Å². The van der Waals surface area contributed by atoms with E-state index in [0.717, 1.165) is 5.52 Å². The zero-order chi connectivity index (χ0) is 8.55. The maximum Gasteiger partial charge on any atom is 0.0642 e. The number of pyridine rings is 1. The van der Waals surface area contributed by atoms with E-state index < -0.39 is 0 Å². The molecule has 0 radical (unpaired) electrons. The molecule has 0 saturated carbocycles. The van der Waals surface area contributed by atoms with E-state index in [2.05, 4.69) is 29.9 Å². The van der Waals surface area contributed by atoms with Crippen LogP contribution in [0.2, 0.25) is 0 Å². The smallest absolute Gasteiger partial charge is 0.0642 e. The van der Waals surface area contributed by atoms with Crippen LogP contribution >= 0.6 is 0 Å². The van der Waals surface area contributed by atoms with Gasteiger partial charge in [-0.05, 0) is 18.1 Å². The van der Waals surface area contributed by atoms with Gasteiger partial charge in [-0.25, -0.2) is 0 Å². The molecule has 2 rings (SSSR count). The predicted molar refractivity (Wildman–Crippen MR) is 50.2 cm³/mol. The standard InChI is InChI=1S/C10H12N2/c1-7(2)9-5-8-3-4-11-6-10(8)12-9/h3-7,12H,1-2H3. The fourth-order valence-corrected chi connectivity index (χ4v) is 1.31. The summed E-state index contributed by atoms with van der Waals surface area (Å²) in [5.74, 6) is 0.553. The molecule has 0 aliphatic rings. The van der Waals surface area contributed by atoms with Crippen LogP contribution in [-0.2, 0) is 0 Å². The molecule has 0 aliphatic heterocycles. The van der Waals surface area contributed by atoms with E-state index in [-0.39, 0.29) is 0 Å². The van der Waals surface area contributed by atoms with Gasteiger partial charge in [-0.15, -0.1) is 0 Å². The minimum absolute atomic E-state index is 0.553. The molecule has 2 nitrogen and oxygen atoms in total. The molecular formula is C10H12N2. The fraction of sp³-hybridized carbons (Fsp3) is 0.300. The second-order valence-electron chi connectivity index (χ2n) is 3.34. The quantitative estimate of drug-likeness (QED) is 0.682. The Bertz CT molecular complexity index is 354. The maximum atomic E-state index is 4.05. The summed E-state index contributed by atoms with van der Waals surface area (Å²) in [5, 5.41) is 1.24. The van der Waals surface area contributed by atoms with Crippen molar-refractivity contribution in [2.24, 2.45) is 0 Å². The van der Waals surface area contributed by atoms with Gasteiger partial charge in [0.1, 0.15) is 0 Å². The number of hydrogen-bond acceptors (Lipinski definition) is 1. The van der Waals surface area contributed by atoms with Crippen molar-refractivity contribution in [1.29, 1.82) is 0 Å². The fourth-order valence-electron chi connectivity index (χ4n) is 1.31. The van der Waals surface area contributed by atoms with Gasteiger partial charge < -0.3 is 4.98 Å².